The molecule has 0 bridgehead atoms. The van der Waals surface area contributed by atoms with E-state index in [1.807, 2.05) is 0 Å². The van der Waals surface area contributed by atoms with E-state index in [0.29, 0.717) is 10.8 Å². The summed E-state index contributed by atoms with van der Waals surface area (Å²) in [6, 6.07) is -1.68. The predicted octanol–water partition coefficient (Wildman–Crippen LogP) is -2.27. The van der Waals surface area contributed by atoms with Crippen LogP contribution in [0.25, 0.3) is 0 Å². The zero-order chi connectivity index (χ0) is 14.1. The number of aliphatic carboxylic acids is 2. The van der Waals surface area contributed by atoms with Crippen LogP contribution in [0.2, 0.25) is 5.32 Å². The van der Waals surface area contributed by atoms with E-state index in [4.69, 9.17) is 15.9 Å². The van der Waals surface area contributed by atoms with Crippen LogP contribution in [0.4, 0.5) is 0 Å². The van der Waals surface area contributed by atoms with E-state index >= 15 is 0 Å². The summed E-state index contributed by atoms with van der Waals surface area (Å²) in [7, 11) is 0. The third kappa shape index (κ3) is 7.81. The number of nitrogens with two attached hydrogens (primary N) is 1. The van der Waals surface area contributed by atoms with Gasteiger partial charge in [-0.05, 0) is 0 Å². The Kier molecular flexibility index (Phi) is 9.27. The Balaban J connectivity index is 3.77. The van der Waals surface area contributed by atoms with Crippen molar-refractivity contribution in [3.63, 3.8) is 0 Å². The third-order valence-electron chi connectivity index (χ3n) is 2.02. The fourth-order valence-electron chi connectivity index (χ4n) is 0.922. The Hall–Kier alpha value is -0.431. The first-order valence-electron chi connectivity index (χ1n) is 5.09. The second kappa shape index (κ2) is 9.49. The van der Waals surface area contributed by atoms with Crippen molar-refractivity contribution in [1.29, 1.82) is 0 Å². The number of carbonyl (C=O) groups excluding carboxylic acids is 1. The molecule has 0 aliphatic heterocycles. The molecular formula is C9H16N2O5Se2. The van der Waals surface area contributed by atoms with Crippen molar-refractivity contribution in [3.8, 4) is 0 Å². The summed E-state index contributed by atoms with van der Waals surface area (Å²) in [5.74, 6) is -2.07. The van der Waals surface area contributed by atoms with E-state index in [9.17, 15) is 14.4 Å². The molecule has 0 aromatic rings. The van der Waals surface area contributed by atoms with Gasteiger partial charge in [0, 0.05) is 0 Å². The first kappa shape index (κ1) is 17.6. The van der Waals surface area contributed by atoms with Gasteiger partial charge in [-0.3, -0.25) is 0 Å². The summed E-state index contributed by atoms with van der Waals surface area (Å²) in [4.78, 5) is 32.5. The molecule has 0 aromatic carbocycles. The summed E-state index contributed by atoms with van der Waals surface area (Å²) >= 11 is 1.78. The Morgan fingerprint density at radius 1 is 1.28 bits per heavy atom. The number of hydrogen-bond acceptors (Lipinski definition) is 5. The van der Waals surface area contributed by atoms with Gasteiger partial charge in [-0.25, -0.2) is 0 Å². The molecule has 0 saturated heterocycles. The van der Waals surface area contributed by atoms with Gasteiger partial charge in [0.25, 0.3) is 0 Å². The molecule has 0 saturated carbocycles. The van der Waals surface area contributed by atoms with E-state index in [0.717, 1.165) is 0 Å². The van der Waals surface area contributed by atoms with E-state index < -0.39 is 39.0 Å². The third-order valence-corrected chi connectivity index (χ3v) is 4.54. The molecule has 2 unspecified atom stereocenters. The average molecular weight is 390 g/mol. The normalized spacial score (nSPS) is 13.9. The molecule has 0 aliphatic rings. The SMILES string of the molecule is NC(CCC(=O)[Se]CNC(C[SeH])C(=O)O)C(=O)O. The topological polar surface area (TPSA) is 130 Å². The summed E-state index contributed by atoms with van der Waals surface area (Å²) < 4.78 is -0.0681. The summed E-state index contributed by atoms with van der Waals surface area (Å²) in [6.07, 6.45) is 0.234. The average Bonchev–Trinajstić information content (AvgIpc) is 2.30. The van der Waals surface area contributed by atoms with Crippen LogP contribution < -0.4 is 11.1 Å². The van der Waals surface area contributed by atoms with Crippen molar-refractivity contribution in [3.05, 3.63) is 0 Å². The van der Waals surface area contributed by atoms with Crippen molar-refractivity contribution in [1.82, 2.24) is 5.32 Å². The Labute approximate surface area is 119 Å². The zero-order valence-electron chi connectivity index (χ0n) is 9.54. The number of hydrogen-bond donors (Lipinski definition) is 4. The van der Waals surface area contributed by atoms with E-state index in [-0.39, 0.29) is 17.5 Å². The molecule has 0 radical (unpaired) electrons. The number of carbonyl (C=O) groups is 3. The molecule has 7 nitrogen and oxygen atoms in total. The molecule has 0 aromatic heterocycles. The number of nitrogens with one attached hydrogen (secondary N) is 1. The monoisotopic (exact) mass is 392 g/mol. The molecule has 5 N–H and O–H groups in total. The molecule has 9 heteroatoms. The van der Waals surface area contributed by atoms with Crippen LogP contribution >= 0.6 is 0 Å². The van der Waals surface area contributed by atoms with Crippen molar-refractivity contribution in [2.75, 3.05) is 5.44 Å². The number of carboxylic acids is 2. The molecule has 0 amide bonds. The molecule has 0 heterocycles. The minimum atomic E-state index is -1.12. The van der Waals surface area contributed by atoms with Crippen LogP contribution in [0.15, 0.2) is 0 Å². The van der Waals surface area contributed by atoms with Gasteiger partial charge in [0.2, 0.25) is 0 Å². The molecule has 0 fully saturated rings. The van der Waals surface area contributed by atoms with Crippen LogP contribution in [-0.2, 0) is 14.4 Å². The van der Waals surface area contributed by atoms with Gasteiger partial charge >= 0.3 is 119 Å². The molecule has 0 rings (SSSR count). The molecule has 104 valence electrons. The van der Waals surface area contributed by atoms with Crippen molar-refractivity contribution in [2.24, 2.45) is 5.73 Å². The molecule has 2 atom stereocenters. The standard InChI is InChI=1S/C9H16N2O5Se2/c10-5(8(13)14)1-2-7(12)18-4-11-6(3-17)9(15)16/h5-6,11,17H,1-4,10H2,(H,13,14)(H,15,16). The first-order chi connectivity index (χ1) is 8.38. The second-order valence-electron chi connectivity index (χ2n) is 3.42. The summed E-state index contributed by atoms with van der Waals surface area (Å²) in [5, 5.41) is 20.4. The maximum atomic E-state index is 11.4. The second-order valence-corrected chi connectivity index (χ2v) is 6.35. The Morgan fingerprint density at radius 3 is 2.33 bits per heavy atom. The quantitative estimate of drug-likeness (QED) is 0.310. The predicted molar refractivity (Wildman–Crippen MR) is 67.0 cm³/mol. The molecule has 18 heavy (non-hydrogen) atoms. The Morgan fingerprint density at radius 2 is 1.89 bits per heavy atom. The van der Waals surface area contributed by atoms with Crippen molar-refractivity contribution >= 4 is 47.6 Å². The van der Waals surface area contributed by atoms with Gasteiger partial charge in [-0.2, -0.15) is 0 Å². The van der Waals surface area contributed by atoms with Crippen LogP contribution in [0.1, 0.15) is 12.8 Å². The molecule has 0 aliphatic carbocycles. The number of carboxylic acid groups (broad SMARTS) is 2. The van der Waals surface area contributed by atoms with Crippen LogP contribution in [0.5, 0.6) is 0 Å². The molecular weight excluding hydrogens is 374 g/mol. The van der Waals surface area contributed by atoms with Crippen LogP contribution in [0, 0.1) is 0 Å². The van der Waals surface area contributed by atoms with Gasteiger partial charge in [0.05, 0.1) is 0 Å². The molecule has 0 spiro atoms. The zero-order valence-corrected chi connectivity index (χ0v) is 13.1. The van der Waals surface area contributed by atoms with E-state index in [1.54, 1.807) is 0 Å². The van der Waals surface area contributed by atoms with Crippen molar-refractivity contribution < 1.29 is 24.6 Å². The summed E-state index contributed by atoms with van der Waals surface area (Å²) in [6.45, 7) is 0. The van der Waals surface area contributed by atoms with Gasteiger partial charge in [-0.1, -0.05) is 0 Å². The van der Waals surface area contributed by atoms with Gasteiger partial charge < -0.3 is 0 Å². The van der Waals surface area contributed by atoms with E-state index in [1.165, 1.54) is 0 Å². The fraction of sp³-hybridized carbons (Fsp3) is 0.667. The fourth-order valence-corrected chi connectivity index (χ4v) is 3.01. The summed E-state index contributed by atoms with van der Waals surface area (Å²) in [5.41, 5.74) is 5.58. The Bertz CT molecular complexity index is 313. The first-order valence-corrected chi connectivity index (χ1v) is 8.49. The van der Waals surface area contributed by atoms with Gasteiger partial charge in [0.1, 0.15) is 0 Å². The maximum absolute atomic E-state index is 11.4. The van der Waals surface area contributed by atoms with E-state index in [2.05, 4.69) is 21.3 Å². The van der Waals surface area contributed by atoms with Crippen LogP contribution in [0.3, 0.4) is 0 Å². The van der Waals surface area contributed by atoms with Gasteiger partial charge in [0.15, 0.2) is 0 Å². The van der Waals surface area contributed by atoms with Crippen molar-refractivity contribution in [2.45, 2.75) is 30.2 Å². The van der Waals surface area contributed by atoms with Crippen LogP contribution in [-0.4, -0.2) is 75.3 Å². The van der Waals surface area contributed by atoms with Gasteiger partial charge in [-0.15, -0.1) is 0 Å². The minimum absolute atomic E-state index is 0.0681. The number of rotatable bonds is 10.